The topological polar surface area (TPSA) is 110 Å². The first kappa shape index (κ1) is 23.1. The van der Waals surface area contributed by atoms with Gasteiger partial charge in [0.1, 0.15) is 11.6 Å². The van der Waals surface area contributed by atoms with Crippen LogP contribution in [-0.4, -0.2) is 40.6 Å². The van der Waals surface area contributed by atoms with Gasteiger partial charge in [-0.15, -0.1) is 0 Å². The molecule has 10 heteroatoms. The zero-order chi connectivity index (χ0) is 23.9. The molecule has 1 aliphatic heterocycles. The van der Waals surface area contributed by atoms with Gasteiger partial charge in [-0.05, 0) is 55.0 Å². The van der Waals surface area contributed by atoms with Crippen molar-refractivity contribution in [3.63, 3.8) is 0 Å². The number of aromatic nitrogens is 2. The number of ether oxygens (including phenoxy) is 1. The van der Waals surface area contributed by atoms with E-state index in [-0.39, 0.29) is 17.3 Å². The zero-order valence-corrected chi connectivity index (χ0v) is 18.4. The van der Waals surface area contributed by atoms with Crippen molar-refractivity contribution in [1.82, 2.24) is 15.3 Å². The van der Waals surface area contributed by atoms with Crippen molar-refractivity contribution >= 4 is 17.7 Å². The van der Waals surface area contributed by atoms with Gasteiger partial charge in [-0.1, -0.05) is 12.1 Å². The third-order valence-electron chi connectivity index (χ3n) is 5.79. The summed E-state index contributed by atoms with van der Waals surface area (Å²) in [5.74, 6) is 1.12. The predicted octanol–water partition coefficient (Wildman–Crippen LogP) is 4.59. The van der Waals surface area contributed by atoms with Gasteiger partial charge in [0.25, 0.3) is 5.69 Å². The van der Waals surface area contributed by atoms with Crippen molar-refractivity contribution in [3.05, 3.63) is 76.9 Å². The van der Waals surface area contributed by atoms with Gasteiger partial charge >= 0.3 is 6.09 Å². The average Bonchev–Trinajstić information content (AvgIpc) is 2.85. The second-order valence-electron chi connectivity index (χ2n) is 8.07. The van der Waals surface area contributed by atoms with Crippen LogP contribution >= 0.6 is 0 Å². The fourth-order valence-corrected chi connectivity index (χ4v) is 3.85. The molecule has 176 valence electrons. The monoisotopic (exact) mass is 465 g/mol. The summed E-state index contributed by atoms with van der Waals surface area (Å²) in [6.07, 6.45) is 5.67. The number of anilines is 1. The van der Waals surface area contributed by atoms with Gasteiger partial charge in [-0.2, -0.15) is 0 Å². The van der Waals surface area contributed by atoms with Crippen LogP contribution in [0.5, 0.6) is 5.75 Å². The Morgan fingerprint density at radius 2 is 1.71 bits per heavy atom. The van der Waals surface area contributed by atoms with Gasteiger partial charge in [0, 0.05) is 49.7 Å². The quantitative estimate of drug-likeness (QED) is 0.401. The van der Waals surface area contributed by atoms with Crippen LogP contribution in [0.15, 0.2) is 60.9 Å². The largest absolute Gasteiger partial charge is 0.412 e. The lowest BCUT2D eigenvalue weighted by molar-refractivity contribution is -0.384. The van der Waals surface area contributed by atoms with Crippen molar-refractivity contribution in [2.45, 2.75) is 19.3 Å². The van der Waals surface area contributed by atoms with E-state index < -0.39 is 11.0 Å². The minimum atomic E-state index is -0.582. The van der Waals surface area contributed by atoms with Gasteiger partial charge < -0.3 is 15.0 Å². The Morgan fingerprint density at radius 3 is 2.32 bits per heavy atom. The van der Waals surface area contributed by atoms with Crippen molar-refractivity contribution in [3.8, 4) is 16.9 Å². The molecule has 4 rings (SSSR count). The number of nitrogens with zero attached hydrogens (tertiary/aromatic N) is 4. The Kier molecular flexibility index (Phi) is 7.26. The smallest absolute Gasteiger partial charge is 0.410 e. The summed E-state index contributed by atoms with van der Waals surface area (Å²) in [4.78, 5) is 33.2. The number of rotatable bonds is 7. The second-order valence-corrected chi connectivity index (χ2v) is 8.07. The highest BCUT2D eigenvalue weighted by Gasteiger charge is 2.21. The van der Waals surface area contributed by atoms with Crippen LogP contribution in [-0.2, 0) is 0 Å². The van der Waals surface area contributed by atoms with Gasteiger partial charge in [-0.3, -0.25) is 10.1 Å². The number of piperidine rings is 1. The molecule has 0 aliphatic carbocycles. The molecule has 34 heavy (non-hydrogen) atoms. The molecule has 0 atom stereocenters. The van der Waals surface area contributed by atoms with E-state index in [1.165, 1.54) is 36.4 Å². The summed E-state index contributed by atoms with van der Waals surface area (Å²) in [6, 6.07) is 11.6. The van der Waals surface area contributed by atoms with Crippen LogP contribution in [0.4, 0.5) is 20.8 Å². The van der Waals surface area contributed by atoms with E-state index >= 15 is 0 Å². The molecule has 1 aliphatic rings. The standard InChI is InChI=1S/C24H24FN5O4/c25-20-3-1-18(2-4-20)19-15-27-23(28-16-19)29-13-10-17(11-14-29)9-12-26-24(31)34-22-7-5-21(6-8-22)30(32)33/h1-8,15-17H,9-14H2,(H,26,31). The molecule has 2 aromatic carbocycles. The van der Waals surface area contributed by atoms with Crippen LogP contribution in [0, 0.1) is 21.8 Å². The van der Waals surface area contributed by atoms with Crippen LogP contribution in [0.1, 0.15) is 19.3 Å². The number of non-ortho nitro benzene ring substituents is 1. The maximum atomic E-state index is 13.1. The van der Waals surface area contributed by atoms with E-state index in [0.717, 1.165) is 43.5 Å². The summed E-state index contributed by atoms with van der Waals surface area (Å²) in [5.41, 5.74) is 1.64. The van der Waals surface area contributed by atoms with Crippen molar-refractivity contribution in [2.75, 3.05) is 24.5 Å². The number of carbonyl (C=O) groups is 1. The number of halogens is 1. The molecule has 0 spiro atoms. The highest BCUT2D eigenvalue weighted by Crippen LogP contribution is 2.24. The predicted molar refractivity (Wildman–Crippen MR) is 124 cm³/mol. The van der Waals surface area contributed by atoms with Crippen LogP contribution in [0.3, 0.4) is 0 Å². The van der Waals surface area contributed by atoms with Crippen molar-refractivity contribution < 1.29 is 18.8 Å². The Labute approximate surface area is 195 Å². The number of benzene rings is 2. The zero-order valence-electron chi connectivity index (χ0n) is 18.4. The van der Waals surface area contributed by atoms with Gasteiger partial charge in [0.15, 0.2) is 0 Å². The number of nitrogens with one attached hydrogen (secondary N) is 1. The number of hydrogen-bond donors (Lipinski definition) is 1. The molecule has 1 aromatic heterocycles. The van der Waals surface area contributed by atoms with Crippen molar-refractivity contribution in [1.29, 1.82) is 0 Å². The lowest BCUT2D eigenvalue weighted by Crippen LogP contribution is -2.36. The molecule has 3 aromatic rings. The van der Waals surface area contributed by atoms with E-state index in [4.69, 9.17) is 4.74 Å². The number of nitro benzene ring substituents is 1. The summed E-state index contributed by atoms with van der Waals surface area (Å²) < 4.78 is 18.2. The van der Waals surface area contributed by atoms with Crippen LogP contribution in [0.2, 0.25) is 0 Å². The molecule has 1 amide bonds. The molecular formula is C24H24FN5O4. The summed E-state index contributed by atoms with van der Waals surface area (Å²) in [6.45, 7) is 2.14. The molecule has 1 fully saturated rings. The Hall–Kier alpha value is -4.08. The fourth-order valence-electron chi connectivity index (χ4n) is 3.85. The van der Waals surface area contributed by atoms with Crippen molar-refractivity contribution in [2.24, 2.45) is 5.92 Å². The van der Waals surface area contributed by atoms with Gasteiger partial charge in [0.2, 0.25) is 5.95 Å². The first-order valence-electron chi connectivity index (χ1n) is 11.0. The third-order valence-corrected chi connectivity index (χ3v) is 5.79. The third kappa shape index (κ3) is 6.03. The van der Waals surface area contributed by atoms with E-state index in [0.29, 0.717) is 18.4 Å². The van der Waals surface area contributed by atoms with E-state index in [9.17, 15) is 19.3 Å². The normalized spacial score (nSPS) is 14.0. The molecular weight excluding hydrogens is 441 g/mol. The Balaban J connectivity index is 1.18. The molecule has 0 unspecified atom stereocenters. The Bertz CT molecular complexity index is 1120. The lowest BCUT2D eigenvalue weighted by atomic mass is 9.94. The van der Waals surface area contributed by atoms with E-state index in [1.54, 1.807) is 24.5 Å². The molecule has 0 saturated carbocycles. The molecule has 0 radical (unpaired) electrons. The molecule has 9 nitrogen and oxygen atoms in total. The summed E-state index contributed by atoms with van der Waals surface area (Å²) in [7, 11) is 0. The fraction of sp³-hybridized carbons (Fsp3) is 0.292. The van der Waals surface area contributed by atoms with Crippen LogP contribution < -0.4 is 15.0 Å². The number of hydrogen-bond acceptors (Lipinski definition) is 7. The first-order valence-corrected chi connectivity index (χ1v) is 11.0. The van der Waals surface area contributed by atoms with Gasteiger partial charge in [0.05, 0.1) is 4.92 Å². The second kappa shape index (κ2) is 10.7. The average molecular weight is 465 g/mol. The lowest BCUT2D eigenvalue weighted by Gasteiger charge is -2.32. The summed E-state index contributed by atoms with van der Waals surface area (Å²) >= 11 is 0. The maximum Gasteiger partial charge on any atom is 0.412 e. The molecule has 1 N–H and O–H groups in total. The first-order chi connectivity index (χ1) is 16.5. The molecule has 1 saturated heterocycles. The number of nitro groups is 1. The summed E-state index contributed by atoms with van der Waals surface area (Å²) in [5, 5.41) is 13.4. The molecule has 0 bridgehead atoms. The minimum Gasteiger partial charge on any atom is -0.410 e. The van der Waals surface area contributed by atoms with E-state index in [2.05, 4.69) is 20.2 Å². The Morgan fingerprint density at radius 1 is 1.06 bits per heavy atom. The van der Waals surface area contributed by atoms with Gasteiger partial charge in [-0.25, -0.2) is 19.2 Å². The van der Waals surface area contributed by atoms with Crippen LogP contribution in [0.25, 0.3) is 11.1 Å². The minimum absolute atomic E-state index is 0.0617. The maximum absolute atomic E-state index is 13.1. The number of carbonyl (C=O) groups excluding carboxylic acids is 1. The number of amides is 1. The molecule has 2 heterocycles. The SMILES string of the molecule is O=C(NCCC1CCN(c2ncc(-c3ccc(F)cc3)cn2)CC1)Oc1ccc([N+](=O)[O-])cc1. The highest BCUT2D eigenvalue weighted by atomic mass is 19.1. The van der Waals surface area contributed by atoms with E-state index in [1.807, 2.05) is 0 Å². The highest BCUT2D eigenvalue weighted by molar-refractivity contribution is 5.70.